The van der Waals surface area contributed by atoms with E-state index in [2.05, 4.69) is 0 Å². The summed E-state index contributed by atoms with van der Waals surface area (Å²) in [5.41, 5.74) is 0. The molecule has 3 saturated heterocycles. The summed E-state index contributed by atoms with van der Waals surface area (Å²) in [7, 11) is 0. The highest BCUT2D eigenvalue weighted by atomic mass is 16.6. The molecule has 7 heteroatoms. The first kappa shape index (κ1) is 18.8. The van der Waals surface area contributed by atoms with E-state index in [1.807, 2.05) is 0 Å². The minimum absolute atomic E-state index is 0.00426. The van der Waals surface area contributed by atoms with Gasteiger partial charge in [0.25, 0.3) is 0 Å². The monoisotopic (exact) mass is 355 g/mol. The summed E-state index contributed by atoms with van der Waals surface area (Å²) in [6.45, 7) is 4.82. The van der Waals surface area contributed by atoms with E-state index in [0.29, 0.717) is 45.5 Å². The third-order valence-electron chi connectivity index (χ3n) is 4.76. The van der Waals surface area contributed by atoms with E-state index >= 15 is 0 Å². The Balaban J connectivity index is 1.21. The Morgan fingerprint density at radius 3 is 2.12 bits per heavy atom. The molecule has 25 heavy (non-hydrogen) atoms. The Morgan fingerprint density at radius 2 is 1.52 bits per heavy atom. The molecule has 3 fully saturated rings. The van der Waals surface area contributed by atoms with E-state index in [1.54, 1.807) is 0 Å². The molecule has 0 aliphatic carbocycles. The maximum Gasteiger partial charge on any atom is 0.232 e. The molecule has 0 saturated carbocycles. The zero-order valence-corrected chi connectivity index (χ0v) is 14.8. The molecule has 3 atom stereocenters. The van der Waals surface area contributed by atoms with Crippen LogP contribution in [0.2, 0.25) is 0 Å². The van der Waals surface area contributed by atoms with Gasteiger partial charge >= 0.3 is 0 Å². The van der Waals surface area contributed by atoms with E-state index in [0.717, 1.165) is 45.3 Å². The standard InChI is InChI=1S/C18H29NO6/c20-17-9-14(5-1-3-7-22-10-15-12-24-15)18(21)19(17)6-2-4-8-23-11-16-13-25-16/h14-16H,1-13H2. The molecular formula is C18H29NO6. The van der Waals surface area contributed by atoms with Gasteiger partial charge in [-0.3, -0.25) is 14.5 Å². The lowest BCUT2D eigenvalue weighted by molar-refractivity contribution is -0.139. The highest BCUT2D eigenvalue weighted by Gasteiger charge is 2.37. The SMILES string of the molecule is O=C1CC(CCCCOCC2CO2)C(=O)N1CCCCOCC1CO1. The molecule has 3 heterocycles. The van der Waals surface area contributed by atoms with Gasteiger partial charge in [-0.05, 0) is 25.7 Å². The van der Waals surface area contributed by atoms with Crippen LogP contribution in [0.1, 0.15) is 38.5 Å². The first-order chi connectivity index (χ1) is 12.2. The summed E-state index contributed by atoms with van der Waals surface area (Å²) in [5.74, 6) is -0.156. The van der Waals surface area contributed by atoms with Gasteiger partial charge in [0.05, 0.1) is 26.4 Å². The smallest absolute Gasteiger partial charge is 0.232 e. The van der Waals surface area contributed by atoms with Crippen LogP contribution < -0.4 is 0 Å². The van der Waals surface area contributed by atoms with Crippen LogP contribution in [0.15, 0.2) is 0 Å². The van der Waals surface area contributed by atoms with Crippen molar-refractivity contribution in [2.24, 2.45) is 5.92 Å². The number of amides is 2. The molecule has 142 valence electrons. The molecule has 0 aromatic carbocycles. The Labute approximate surface area is 148 Å². The van der Waals surface area contributed by atoms with Crippen LogP contribution >= 0.6 is 0 Å². The number of nitrogens with zero attached hydrogens (tertiary/aromatic N) is 1. The zero-order valence-electron chi connectivity index (χ0n) is 14.8. The summed E-state index contributed by atoms with van der Waals surface area (Å²) in [6, 6.07) is 0. The molecule has 0 bridgehead atoms. The zero-order chi connectivity index (χ0) is 17.5. The summed E-state index contributed by atoms with van der Waals surface area (Å²) in [4.78, 5) is 25.8. The summed E-state index contributed by atoms with van der Waals surface area (Å²) >= 11 is 0. The van der Waals surface area contributed by atoms with Gasteiger partial charge < -0.3 is 18.9 Å². The van der Waals surface area contributed by atoms with Crippen molar-refractivity contribution >= 4 is 11.8 Å². The molecule has 3 rings (SSSR count). The predicted octanol–water partition coefficient (Wildman–Crippen LogP) is 1.14. The molecular weight excluding hydrogens is 326 g/mol. The first-order valence-corrected chi connectivity index (χ1v) is 9.47. The lowest BCUT2D eigenvalue weighted by Gasteiger charge is -2.15. The van der Waals surface area contributed by atoms with Crippen molar-refractivity contribution in [1.82, 2.24) is 4.90 Å². The lowest BCUT2D eigenvalue weighted by atomic mass is 10.0. The van der Waals surface area contributed by atoms with Crippen molar-refractivity contribution in [3.05, 3.63) is 0 Å². The minimum atomic E-state index is -0.137. The van der Waals surface area contributed by atoms with Crippen LogP contribution in [0.3, 0.4) is 0 Å². The molecule has 3 aliphatic rings. The third-order valence-corrected chi connectivity index (χ3v) is 4.76. The number of unbranched alkanes of at least 4 members (excludes halogenated alkanes) is 2. The van der Waals surface area contributed by atoms with E-state index in [1.165, 1.54) is 4.90 Å². The van der Waals surface area contributed by atoms with Gasteiger partial charge in [0.2, 0.25) is 11.8 Å². The van der Waals surface area contributed by atoms with Crippen LogP contribution in [0.5, 0.6) is 0 Å². The van der Waals surface area contributed by atoms with Crippen LogP contribution in [-0.4, -0.2) is 75.1 Å². The van der Waals surface area contributed by atoms with Crippen LogP contribution in [0.4, 0.5) is 0 Å². The molecule has 3 aliphatic heterocycles. The number of imide groups is 1. The van der Waals surface area contributed by atoms with E-state index in [-0.39, 0.29) is 23.8 Å². The molecule has 7 nitrogen and oxygen atoms in total. The van der Waals surface area contributed by atoms with Gasteiger partial charge in [-0.25, -0.2) is 0 Å². The second kappa shape index (κ2) is 9.62. The summed E-state index contributed by atoms with van der Waals surface area (Å²) in [5, 5.41) is 0. The Kier molecular flexibility index (Phi) is 7.22. The lowest BCUT2D eigenvalue weighted by Crippen LogP contribution is -2.31. The minimum Gasteiger partial charge on any atom is -0.379 e. The molecule has 0 aromatic heterocycles. The fourth-order valence-electron chi connectivity index (χ4n) is 3.04. The maximum atomic E-state index is 12.4. The van der Waals surface area contributed by atoms with E-state index < -0.39 is 0 Å². The van der Waals surface area contributed by atoms with Crippen molar-refractivity contribution in [2.45, 2.75) is 50.7 Å². The van der Waals surface area contributed by atoms with E-state index in [4.69, 9.17) is 18.9 Å². The van der Waals surface area contributed by atoms with Gasteiger partial charge in [-0.2, -0.15) is 0 Å². The first-order valence-electron chi connectivity index (χ1n) is 9.47. The molecule has 3 unspecified atom stereocenters. The van der Waals surface area contributed by atoms with Crippen molar-refractivity contribution < 1.29 is 28.5 Å². The Bertz CT molecular complexity index is 449. The molecule has 2 amide bonds. The van der Waals surface area contributed by atoms with Gasteiger partial charge in [0.15, 0.2) is 0 Å². The second-order valence-corrected chi connectivity index (χ2v) is 7.05. The largest absolute Gasteiger partial charge is 0.379 e. The highest BCUT2D eigenvalue weighted by Crippen LogP contribution is 2.25. The normalized spacial score (nSPS) is 28.0. The number of epoxide rings is 2. The van der Waals surface area contributed by atoms with Crippen molar-refractivity contribution in [1.29, 1.82) is 0 Å². The van der Waals surface area contributed by atoms with Gasteiger partial charge in [0, 0.05) is 32.1 Å². The number of hydrogen-bond acceptors (Lipinski definition) is 6. The summed E-state index contributed by atoms with van der Waals surface area (Å²) < 4.78 is 21.1. The second-order valence-electron chi connectivity index (χ2n) is 7.05. The average Bonchev–Trinajstić information content (AvgIpc) is 3.50. The fourth-order valence-corrected chi connectivity index (χ4v) is 3.04. The van der Waals surface area contributed by atoms with Crippen LogP contribution in [0.25, 0.3) is 0 Å². The van der Waals surface area contributed by atoms with Crippen molar-refractivity contribution in [3.8, 4) is 0 Å². The number of carbonyl (C=O) groups is 2. The van der Waals surface area contributed by atoms with Crippen LogP contribution in [0, 0.1) is 5.92 Å². The number of hydrogen-bond donors (Lipinski definition) is 0. The molecule has 0 radical (unpaired) electrons. The predicted molar refractivity (Wildman–Crippen MR) is 89.0 cm³/mol. The van der Waals surface area contributed by atoms with Gasteiger partial charge in [0.1, 0.15) is 12.2 Å². The summed E-state index contributed by atoms with van der Waals surface area (Å²) in [6.07, 6.45) is 5.22. The number of rotatable bonds is 14. The number of ether oxygens (including phenoxy) is 4. The van der Waals surface area contributed by atoms with Crippen molar-refractivity contribution in [3.63, 3.8) is 0 Å². The maximum absolute atomic E-state index is 12.4. The molecule has 0 spiro atoms. The van der Waals surface area contributed by atoms with Gasteiger partial charge in [-0.1, -0.05) is 6.42 Å². The Morgan fingerprint density at radius 1 is 0.920 bits per heavy atom. The molecule has 0 aromatic rings. The number of carbonyl (C=O) groups excluding carboxylic acids is 2. The highest BCUT2D eigenvalue weighted by molar-refractivity contribution is 6.03. The number of likely N-dealkylation sites (tertiary alicyclic amines) is 1. The van der Waals surface area contributed by atoms with E-state index in [9.17, 15) is 9.59 Å². The van der Waals surface area contributed by atoms with Gasteiger partial charge in [-0.15, -0.1) is 0 Å². The third kappa shape index (κ3) is 6.66. The topological polar surface area (TPSA) is 80.9 Å². The average molecular weight is 355 g/mol. The van der Waals surface area contributed by atoms with Crippen LogP contribution in [-0.2, 0) is 28.5 Å². The fraction of sp³-hybridized carbons (Fsp3) is 0.889. The Hall–Kier alpha value is -1.02. The van der Waals surface area contributed by atoms with Crippen molar-refractivity contribution in [2.75, 3.05) is 46.2 Å². The molecule has 0 N–H and O–H groups in total. The quantitative estimate of drug-likeness (QED) is 0.264.